The highest BCUT2D eigenvalue weighted by Gasteiger charge is 2.12. The number of halogens is 1. The van der Waals surface area contributed by atoms with Gasteiger partial charge in [-0.25, -0.2) is 13.6 Å². The van der Waals surface area contributed by atoms with Gasteiger partial charge >= 0.3 is 0 Å². The van der Waals surface area contributed by atoms with Crippen LogP contribution in [-0.2, 0) is 16.4 Å². The second kappa shape index (κ2) is 9.92. The van der Waals surface area contributed by atoms with E-state index in [4.69, 9.17) is 9.88 Å². The van der Waals surface area contributed by atoms with Crippen LogP contribution >= 0.6 is 12.4 Å². The monoisotopic (exact) mass is 398 g/mol. The molecule has 7 heteroatoms. The SMILES string of the molecule is Cc1ccccc1OCC(C)NCCc1ccc(C)c(S(N)(=O)=O)c1.Cl. The number of para-hydroxylation sites is 1. The van der Waals surface area contributed by atoms with Crippen LogP contribution in [0.15, 0.2) is 47.4 Å². The van der Waals surface area contributed by atoms with Gasteiger partial charge in [0.15, 0.2) is 0 Å². The molecule has 0 aliphatic heterocycles. The fourth-order valence-corrected chi connectivity index (χ4v) is 3.39. The molecule has 0 aliphatic carbocycles. The summed E-state index contributed by atoms with van der Waals surface area (Å²) in [5.41, 5.74) is 2.72. The van der Waals surface area contributed by atoms with Crippen LogP contribution in [0.4, 0.5) is 0 Å². The molecule has 5 nitrogen and oxygen atoms in total. The molecular weight excluding hydrogens is 372 g/mol. The molecule has 0 aliphatic rings. The lowest BCUT2D eigenvalue weighted by atomic mass is 10.1. The standard InChI is InChI=1S/C19H26N2O3S.ClH/c1-14-6-4-5-7-18(14)24-13-16(3)21-11-10-17-9-8-15(2)19(12-17)25(20,22)23;/h4-9,12,16,21H,10-11,13H2,1-3H3,(H2,20,22,23);1H. The van der Waals surface area contributed by atoms with Gasteiger partial charge in [0.05, 0.1) is 4.90 Å². The van der Waals surface area contributed by atoms with Crippen LogP contribution in [0.5, 0.6) is 5.75 Å². The van der Waals surface area contributed by atoms with E-state index in [1.807, 2.05) is 37.3 Å². The zero-order chi connectivity index (χ0) is 18.4. The number of benzene rings is 2. The molecule has 0 amide bonds. The van der Waals surface area contributed by atoms with Crippen LogP contribution in [0.1, 0.15) is 23.6 Å². The second-order valence-electron chi connectivity index (χ2n) is 6.33. The molecule has 1 unspecified atom stereocenters. The van der Waals surface area contributed by atoms with E-state index in [0.717, 1.165) is 29.8 Å². The highest BCUT2D eigenvalue weighted by Crippen LogP contribution is 2.17. The van der Waals surface area contributed by atoms with Crippen LogP contribution in [-0.4, -0.2) is 27.6 Å². The van der Waals surface area contributed by atoms with E-state index in [9.17, 15) is 8.42 Å². The maximum atomic E-state index is 11.6. The highest BCUT2D eigenvalue weighted by atomic mass is 35.5. The first-order chi connectivity index (χ1) is 11.8. The minimum atomic E-state index is -3.68. The van der Waals surface area contributed by atoms with Crippen molar-refractivity contribution < 1.29 is 13.2 Å². The van der Waals surface area contributed by atoms with Crippen molar-refractivity contribution in [3.8, 4) is 5.75 Å². The normalized spacial score (nSPS) is 12.3. The number of hydrogen-bond acceptors (Lipinski definition) is 4. The van der Waals surface area contributed by atoms with Gasteiger partial charge in [0.2, 0.25) is 10.0 Å². The Morgan fingerprint density at radius 1 is 1.12 bits per heavy atom. The largest absolute Gasteiger partial charge is 0.492 e. The summed E-state index contributed by atoms with van der Waals surface area (Å²) in [6, 6.07) is 13.5. The van der Waals surface area contributed by atoms with E-state index >= 15 is 0 Å². The molecule has 2 rings (SSSR count). The van der Waals surface area contributed by atoms with E-state index < -0.39 is 10.0 Å². The molecule has 0 saturated heterocycles. The van der Waals surface area contributed by atoms with E-state index in [1.165, 1.54) is 0 Å². The fourth-order valence-electron chi connectivity index (χ4n) is 2.56. The van der Waals surface area contributed by atoms with Gasteiger partial charge in [-0.3, -0.25) is 0 Å². The number of nitrogens with one attached hydrogen (secondary N) is 1. The van der Waals surface area contributed by atoms with Crippen molar-refractivity contribution in [2.45, 2.75) is 38.1 Å². The minimum absolute atomic E-state index is 0. The predicted molar refractivity (Wildman–Crippen MR) is 108 cm³/mol. The van der Waals surface area contributed by atoms with Crippen LogP contribution in [0.2, 0.25) is 0 Å². The highest BCUT2D eigenvalue weighted by molar-refractivity contribution is 7.89. The van der Waals surface area contributed by atoms with E-state index in [2.05, 4.69) is 12.2 Å². The Balaban J connectivity index is 0.00000338. The first-order valence-corrected chi connectivity index (χ1v) is 9.86. The molecule has 2 aromatic carbocycles. The number of nitrogens with two attached hydrogens (primary N) is 1. The third-order valence-corrected chi connectivity index (χ3v) is 5.10. The average molecular weight is 399 g/mol. The van der Waals surface area contributed by atoms with Crippen LogP contribution in [0.3, 0.4) is 0 Å². The summed E-state index contributed by atoms with van der Waals surface area (Å²) in [7, 11) is -3.68. The minimum Gasteiger partial charge on any atom is -0.492 e. The quantitative estimate of drug-likeness (QED) is 0.716. The number of ether oxygens (including phenoxy) is 1. The lowest BCUT2D eigenvalue weighted by molar-refractivity contribution is 0.272. The molecule has 0 bridgehead atoms. The third kappa shape index (κ3) is 6.61. The van der Waals surface area contributed by atoms with Crippen molar-refractivity contribution in [3.63, 3.8) is 0 Å². The Morgan fingerprint density at radius 3 is 2.46 bits per heavy atom. The van der Waals surface area contributed by atoms with Gasteiger partial charge in [-0.1, -0.05) is 30.3 Å². The first kappa shape index (κ1) is 22.4. The molecule has 0 spiro atoms. The molecule has 1 atom stereocenters. The van der Waals surface area contributed by atoms with E-state index in [1.54, 1.807) is 19.1 Å². The molecule has 0 aromatic heterocycles. The smallest absolute Gasteiger partial charge is 0.238 e. The van der Waals surface area contributed by atoms with Gasteiger partial charge in [-0.05, 0) is 62.6 Å². The molecule has 26 heavy (non-hydrogen) atoms. The van der Waals surface area contributed by atoms with Crippen molar-refractivity contribution in [1.29, 1.82) is 0 Å². The number of sulfonamides is 1. The molecule has 0 heterocycles. The topological polar surface area (TPSA) is 81.4 Å². The van der Waals surface area contributed by atoms with Crippen LogP contribution in [0.25, 0.3) is 0 Å². The molecule has 3 N–H and O–H groups in total. The van der Waals surface area contributed by atoms with Crippen molar-refractivity contribution in [2.75, 3.05) is 13.2 Å². The fraction of sp³-hybridized carbons (Fsp3) is 0.368. The molecule has 0 fully saturated rings. The molecule has 144 valence electrons. The van der Waals surface area contributed by atoms with Gasteiger partial charge in [-0.15, -0.1) is 12.4 Å². The van der Waals surface area contributed by atoms with Crippen molar-refractivity contribution in [2.24, 2.45) is 5.14 Å². The number of aryl methyl sites for hydroxylation is 2. The molecular formula is C19H27ClN2O3S. The Labute approximate surface area is 162 Å². The summed E-state index contributed by atoms with van der Waals surface area (Å²) >= 11 is 0. The lowest BCUT2D eigenvalue weighted by Crippen LogP contribution is -2.33. The maximum Gasteiger partial charge on any atom is 0.238 e. The summed E-state index contributed by atoms with van der Waals surface area (Å²) in [4.78, 5) is 0.195. The number of rotatable bonds is 8. The summed E-state index contributed by atoms with van der Waals surface area (Å²) in [5.74, 6) is 0.896. The van der Waals surface area contributed by atoms with Crippen molar-refractivity contribution in [3.05, 3.63) is 59.2 Å². The summed E-state index contributed by atoms with van der Waals surface area (Å²) in [6.07, 6.45) is 0.720. The average Bonchev–Trinajstić information content (AvgIpc) is 2.54. The Morgan fingerprint density at radius 2 is 1.81 bits per heavy atom. The molecule has 0 saturated carbocycles. The Hall–Kier alpha value is -1.60. The van der Waals surface area contributed by atoms with Crippen molar-refractivity contribution >= 4 is 22.4 Å². The Bertz CT molecular complexity index is 825. The number of primary sulfonamides is 1. The van der Waals surface area contributed by atoms with Gasteiger partial charge < -0.3 is 10.1 Å². The van der Waals surface area contributed by atoms with Gasteiger partial charge in [0.25, 0.3) is 0 Å². The van der Waals surface area contributed by atoms with Gasteiger partial charge in [-0.2, -0.15) is 0 Å². The third-order valence-electron chi connectivity index (χ3n) is 4.05. The first-order valence-electron chi connectivity index (χ1n) is 8.31. The van der Waals surface area contributed by atoms with E-state index in [-0.39, 0.29) is 23.3 Å². The summed E-state index contributed by atoms with van der Waals surface area (Å²) in [5, 5.41) is 8.64. The van der Waals surface area contributed by atoms with Crippen molar-refractivity contribution in [1.82, 2.24) is 5.32 Å². The maximum absolute atomic E-state index is 11.6. The molecule has 2 aromatic rings. The lowest BCUT2D eigenvalue weighted by Gasteiger charge is -2.16. The molecule has 0 radical (unpaired) electrons. The summed E-state index contributed by atoms with van der Waals surface area (Å²) in [6.45, 7) is 7.12. The number of hydrogen-bond donors (Lipinski definition) is 2. The van der Waals surface area contributed by atoms with Gasteiger partial charge in [0.1, 0.15) is 12.4 Å². The summed E-state index contributed by atoms with van der Waals surface area (Å²) < 4.78 is 29.0. The van der Waals surface area contributed by atoms with Gasteiger partial charge in [0, 0.05) is 6.04 Å². The van der Waals surface area contributed by atoms with Crippen LogP contribution in [0, 0.1) is 13.8 Å². The second-order valence-corrected chi connectivity index (χ2v) is 7.86. The van der Waals surface area contributed by atoms with E-state index in [0.29, 0.717) is 12.2 Å². The zero-order valence-corrected chi connectivity index (χ0v) is 17.0. The van der Waals surface area contributed by atoms with Crippen LogP contribution < -0.4 is 15.2 Å². The Kier molecular flexibility index (Phi) is 8.56. The predicted octanol–water partition coefficient (Wildman–Crippen LogP) is 2.97. The zero-order valence-electron chi connectivity index (χ0n) is 15.4.